The van der Waals surface area contributed by atoms with Crippen molar-refractivity contribution in [2.75, 3.05) is 19.6 Å². The Kier molecular flexibility index (Phi) is 4.53. The molecule has 1 aliphatic rings. The zero-order chi connectivity index (χ0) is 13.7. The van der Waals surface area contributed by atoms with Gasteiger partial charge in [0.1, 0.15) is 5.82 Å². The Morgan fingerprint density at radius 1 is 1.32 bits per heavy atom. The van der Waals surface area contributed by atoms with Crippen molar-refractivity contribution >= 4 is 5.91 Å². The molecule has 0 aromatic heterocycles. The van der Waals surface area contributed by atoms with Gasteiger partial charge in [0.15, 0.2) is 0 Å². The average molecular weight is 260 g/mol. The fourth-order valence-corrected chi connectivity index (χ4v) is 2.19. The van der Waals surface area contributed by atoms with Crippen LogP contribution in [0.3, 0.4) is 0 Å². The summed E-state index contributed by atoms with van der Waals surface area (Å²) in [6.45, 7) is 1.65. The summed E-state index contributed by atoms with van der Waals surface area (Å²) in [4.78, 5) is 14.0. The number of hydrogen-bond acceptors (Lipinski definition) is 2. The molecular formula is C15H17FN2O. The number of halogens is 1. The monoisotopic (exact) mass is 260 g/mol. The Morgan fingerprint density at radius 2 is 2.05 bits per heavy atom. The van der Waals surface area contributed by atoms with Crippen molar-refractivity contribution in [2.45, 2.75) is 19.3 Å². The first-order chi connectivity index (χ1) is 9.22. The van der Waals surface area contributed by atoms with Crippen molar-refractivity contribution < 1.29 is 9.18 Å². The zero-order valence-electron chi connectivity index (χ0n) is 10.8. The van der Waals surface area contributed by atoms with Gasteiger partial charge in [0.05, 0.1) is 12.1 Å². The van der Waals surface area contributed by atoms with Crippen LogP contribution >= 0.6 is 0 Å². The molecule has 0 spiro atoms. The molecule has 1 saturated heterocycles. The molecule has 0 unspecified atom stereocenters. The van der Waals surface area contributed by atoms with Gasteiger partial charge < -0.3 is 10.6 Å². The number of carbonyl (C=O) groups excluding carboxylic acids is 1. The third-order valence-corrected chi connectivity index (χ3v) is 3.17. The molecule has 1 heterocycles. The lowest BCUT2D eigenvalue weighted by Crippen LogP contribution is -2.36. The van der Waals surface area contributed by atoms with Crippen molar-refractivity contribution in [3.8, 4) is 11.8 Å². The highest BCUT2D eigenvalue weighted by Gasteiger charge is 2.21. The number of nitrogens with zero attached hydrogens (tertiary/aromatic N) is 1. The molecule has 0 bridgehead atoms. The second-order valence-corrected chi connectivity index (χ2v) is 4.55. The van der Waals surface area contributed by atoms with E-state index in [4.69, 9.17) is 5.73 Å². The van der Waals surface area contributed by atoms with Gasteiger partial charge in [-0.2, -0.15) is 0 Å². The summed E-state index contributed by atoms with van der Waals surface area (Å²) < 4.78 is 13.8. The molecule has 0 saturated carbocycles. The van der Waals surface area contributed by atoms with E-state index in [0.717, 1.165) is 19.3 Å². The van der Waals surface area contributed by atoms with Crippen molar-refractivity contribution in [3.63, 3.8) is 0 Å². The maximum absolute atomic E-state index is 13.8. The average Bonchev–Trinajstić information content (AvgIpc) is 2.46. The zero-order valence-corrected chi connectivity index (χ0v) is 10.8. The minimum absolute atomic E-state index is 0.103. The summed E-state index contributed by atoms with van der Waals surface area (Å²) in [6.07, 6.45) is 3.11. The summed E-state index contributed by atoms with van der Waals surface area (Å²) in [7, 11) is 0. The van der Waals surface area contributed by atoms with Crippen molar-refractivity contribution in [1.29, 1.82) is 0 Å². The Balaban J connectivity index is 2.24. The molecule has 0 aliphatic carbocycles. The van der Waals surface area contributed by atoms with E-state index in [1.165, 1.54) is 12.1 Å². The van der Waals surface area contributed by atoms with E-state index in [9.17, 15) is 9.18 Å². The maximum Gasteiger partial charge on any atom is 0.256 e. The molecule has 0 radical (unpaired) electrons. The molecule has 1 fully saturated rings. The second-order valence-electron chi connectivity index (χ2n) is 4.55. The predicted octanol–water partition coefficient (Wildman–Crippen LogP) is 1.76. The molecule has 2 N–H and O–H groups in total. The minimum Gasteiger partial charge on any atom is -0.339 e. The van der Waals surface area contributed by atoms with Gasteiger partial charge in [0, 0.05) is 18.7 Å². The van der Waals surface area contributed by atoms with Crippen molar-refractivity contribution in [3.05, 3.63) is 35.1 Å². The lowest BCUT2D eigenvalue weighted by Gasteiger charge is -2.26. The number of hydrogen-bond donors (Lipinski definition) is 1. The smallest absolute Gasteiger partial charge is 0.256 e. The van der Waals surface area contributed by atoms with Crippen LogP contribution in [0.4, 0.5) is 4.39 Å². The van der Waals surface area contributed by atoms with Gasteiger partial charge in [-0.05, 0) is 37.5 Å². The third kappa shape index (κ3) is 3.33. The number of benzene rings is 1. The second kappa shape index (κ2) is 6.35. The minimum atomic E-state index is -0.492. The first-order valence-electron chi connectivity index (χ1n) is 6.50. The molecule has 19 heavy (non-hydrogen) atoms. The predicted molar refractivity (Wildman–Crippen MR) is 72.1 cm³/mol. The summed E-state index contributed by atoms with van der Waals surface area (Å²) in [5, 5.41) is 0. The lowest BCUT2D eigenvalue weighted by atomic mass is 10.1. The van der Waals surface area contributed by atoms with Gasteiger partial charge in [0.25, 0.3) is 5.91 Å². The highest BCUT2D eigenvalue weighted by atomic mass is 19.1. The molecule has 1 aromatic rings. The van der Waals surface area contributed by atoms with E-state index in [2.05, 4.69) is 11.8 Å². The number of amides is 1. The standard InChI is InChI=1S/C15H17FN2O/c16-14-7-6-12(5-4-8-17)11-13(14)15(19)18-9-2-1-3-10-18/h6-7,11H,1-3,8-10,17H2. The van der Waals surface area contributed by atoms with Crippen LogP contribution in [0.2, 0.25) is 0 Å². The van der Waals surface area contributed by atoms with E-state index in [1.54, 1.807) is 11.0 Å². The van der Waals surface area contributed by atoms with Crippen LogP contribution in [0, 0.1) is 17.7 Å². The van der Waals surface area contributed by atoms with E-state index >= 15 is 0 Å². The van der Waals surface area contributed by atoms with E-state index < -0.39 is 5.82 Å². The van der Waals surface area contributed by atoms with E-state index in [-0.39, 0.29) is 18.0 Å². The van der Waals surface area contributed by atoms with Gasteiger partial charge >= 0.3 is 0 Å². The number of rotatable bonds is 1. The number of nitrogens with two attached hydrogens (primary N) is 1. The largest absolute Gasteiger partial charge is 0.339 e. The summed E-state index contributed by atoms with van der Waals surface area (Å²) in [5.74, 6) is 4.78. The van der Waals surface area contributed by atoms with E-state index in [1.807, 2.05) is 0 Å². The maximum atomic E-state index is 13.8. The molecule has 4 heteroatoms. The fraction of sp³-hybridized carbons (Fsp3) is 0.400. The summed E-state index contributed by atoms with van der Waals surface area (Å²) in [6, 6.07) is 4.36. The Labute approximate surface area is 112 Å². The van der Waals surface area contributed by atoms with Crippen LogP contribution in [-0.4, -0.2) is 30.4 Å². The van der Waals surface area contributed by atoms with Gasteiger partial charge in [-0.1, -0.05) is 11.8 Å². The van der Waals surface area contributed by atoms with Crippen LogP contribution < -0.4 is 5.73 Å². The molecule has 100 valence electrons. The SMILES string of the molecule is NCC#Cc1ccc(F)c(C(=O)N2CCCCC2)c1. The van der Waals surface area contributed by atoms with E-state index in [0.29, 0.717) is 18.7 Å². The van der Waals surface area contributed by atoms with Gasteiger partial charge in [0.2, 0.25) is 0 Å². The lowest BCUT2D eigenvalue weighted by molar-refractivity contribution is 0.0719. The molecule has 0 atom stereocenters. The molecule has 1 amide bonds. The normalized spacial score (nSPS) is 14.7. The molecule has 1 aliphatic heterocycles. The Bertz CT molecular complexity index is 525. The quantitative estimate of drug-likeness (QED) is 0.782. The van der Waals surface area contributed by atoms with Crippen LogP contribution in [-0.2, 0) is 0 Å². The molecule has 2 rings (SSSR count). The summed E-state index contributed by atoms with van der Waals surface area (Å²) in [5.41, 5.74) is 6.02. The van der Waals surface area contributed by atoms with Crippen LogP contribution in [0.15, 0.2) is 18.2 Å². The highest BCUT2D eigenvalue weighted by molar-refractivity contribution is 5.95. The topological polar surface area (TPSA) is 46.3 Å². The van der Waals surface area contributed by atoms with Gasteiger partial charge in [-0.3, -0.25) is 4.79 Å². The van der Waals surface area contributed by atoms with Crippen LogP contribution in [0.25, 0.3) is 0 Å². The first kappa shape index (κ1) is 13.6. The first-order valence-corrected chi connectivity index (χ1v) is 6.50. The van der Waals surface area contributed by atoms with Crippen LogP contribution in [0.1, 0.15) is 35.2 Å². The van der Waals surface area contributed by atoms with Crippen molar-refractivity contribution in [2.24, 2.45) is 5.73 Å². The molecular weight excluding hydrogens is 243 g/mol. The number of likely N-dealkylation sites (tertiary alicyclic amines) is 1. The molecule has 3 nitrogen and oxygen atoms in total. The number of carbonyl (C=O) groups is 1. The third-order valence-electron chi connectivity index (χ3n) is 3.17. The Hall–Kier alpha value is -1.86. The molecule has 1 aromatic carbocycles. The number of piperidine rings is 1. The highest BCUT2D eigenvalue weighted by Crippen LogP contribution is 2.16. The van der Waals surface area contributed by atoms with Crippen LogP contribution in [0.5, 0.6) is 0 Å². The van der Waals surface area contributed by atoms with Gasteiger partial charge in [-0.25, -0.2) is 4.39 Å². The fourth-order valence-electron chi connectivity index (χ4n) is 2.19. The van der Waals surface area contributed by atoms with Gasteiger partial charge in [-0.15, -0.1) is 0 Å². The Morgan fingerprint density at radius 3 is 2.74 bits per heavy atom. The van der Waals surface area contributed by atoms with Crippen molar-refractivity contribution in [1.82, 2.24) is 4.90 Å². The summed E-state index contributed by atoms with van der Waals surface area (Å²) >= 11 is 0.